The monoisotopic (exact) mass is 309 g/mol. The average molecular weight is 310 g/mol. The van der Waals surface area contributed by atoms with E-state index >= 15 is 0 Å². The minimum atomic E-state index is -4.74. The van der Waals surface area contributed by atoms with Crippen molar-refractivity contribution in [2.45, 2.75) is 5.03 Å². The molecule has 0 fully saturated rings. The molecular formula is C6H5BBrF3KNS. The zero-order valence-corrected chi connectivity index (χ0v) is 12.9. The van der Waals surface area contributed by atoms with E-state index in [-0.39, 0.29) is 51.4 Å². The summed E-state index contributed by atoms with van der Waals surface area (Å²) in [5.74, 6) is 0. The van der Waals surface area contributed by atoms with Crippen LogP contribution in [0, 0.1) is 0 Å². The van der Waals surface area contributed by atoms with Crippen molar-refractivity contribution >= 4 is 34.7 Å². The van der Waals surface area contributed by atoms with E-state index in [0.29, 0.717) is 21.3 Å². The summed E-state index contributed by atoms with van der Waals surface area (Å²) in [6.45, 7) is -4.74. The topological polar surface area (TPSA) is 12.9 Å². The molecule has 1 nitrogen and oxygen atoms in total. The fourth-order valence-corrected chi connectivity index (χ4v) is 1.94. The van der Waals surface area contributed by atoms with E-state index in [4.69, 9.17) is 0 Å². The maximum absolute atomic E-state index is 11.9. The Hall–Kier alpha value is 1.47. The van der Waals surface area contributed by atoms with E-state index in [1.54, 1.807) is 12.1 Å². The van der Waals surface area contributed by atoms with Crippen molar-refractivity contribution in [1.29, 1.82) is 0 Å². The third kappa shape index (κ3) is 6.14. The van der Waals surface area contributed by atoms with Crippen LogP contribution in [-0.2, 0) is 0 Å². The van der Waals surface area contributed by atoms with E-state index in [0.717, 1.165) is 0 Å². The Morgan fingerprint density at radius 3 is 2.57 bits per heavy atom. The predicted molar refractivity (Wildman–Crippen MR) is 51.7 cm³/mol. The summed E-state index contributed by atoms with van der Waals surface area (Å²) in [5.41, 5.74) is -0.852. The fourth-order valence-electron chi connectivity index (χ4n) is 0.651. The number of pyridine rings is 1. The first kappa shape index (κ1) is 15.5. The van der Waals surface area contributed by atoms with Crippen molar-refractivity contribution in [3.63, 3.8) is 0 Å². The molecule has 1 aromatic rings. The summed E-state index contributed by atoms with van der Waals surface area (Å²) in [6, 6.07) is 3.32. The Labute approximate surface area is 135 Å². The van der Waals surface area contributed by atoms with Crippen LogP contribution in [0.2, 0.25) is 0 Å². The zero-order valence-electron chi connectivity index (χ0n) is 7.38. The Morgan fingerprint density at radius 1 is 1.43 bits per heavy atom. The van der Waals surface area contributed by atoms with Crippen LogP contribution in [0.1, 0.15) is 0 Å². The van der Waals surface area contributed by atoms with Gasteiger partial charge in [0.05, 0.1) is 0 Å². The number of aromatic nitrogens is 1. The molecule has 0 aliphatic heterocycles. The summed E-state index contributed by atoms with van der Waals surface area (Å²) in [6.07, 6.45) is 1.47. The molecule has 8 heteroatoms. The molecule has 1 heterocycles. The van der Waals surface area contributed by atoms with Crippen molar-refractivity contribution < 1.29 is 64.3 Å². The quantitative estimate of drug-likeness (QED) is 0.589. The van der Waals surface area contributed by atoms with Gasteiger partial charge < -0.3 is 12.9 Å². The second-order valence-electron chi connectivity index (χ2n) is 2.31. The van der Waals surface area contributed by atoms with Crippen LogP contribution in [0.15, 0.2) is 27.8 Å². The molecule has 0 atom stereocenters. The van der Waals surface area contributed by atoms with E-state index in [9.17, 15) is 12.9 Å². The van der Waals surface area contributed by atoms with E-state index < -0.39 is 12.6 Å². The van der Waals surface area contributed by atoms with Crippen LogP contribution in [0.25, 0.3) is 0 Å². The molecule has 0 aliphatic rings. The molecule has 14 heavy (non-hydrogen) atoms. The maximum atomic E-state index is 11.9. The zero-order chi connectivity index (χ0) is 9.90. The molecular weight excluding hydrogens is 305 g/mol. The molecule has 72 valence electrons. The SMILES string of the molecule is F[B-](F)(F)CSc1ncccc1Br.[K+]. The Kier molecular flexibility index (Phi) is 7.65. The number of halogens is 4. The second kappa shape index (κ2) is 6.93. The van der Waals surface area contributed by atoms with Gasteiger partial charge in [-0.15, -0.1) is 11.8 Å². The minimum Gasteiger partial charge on any atom is -0.448 e. The average Bonchev–Trinajstić information content (AvgIpc) is 2.01. The summed E-state index contributed by atoms with van der Waals surface area (Å²) in [4.78, 5) is 3.81. The first-order chi connectivity index (χ1) is 5.99. The van der Waals surface area contributed by atoms with Gasteiger partial charge in [-0.3, -0.25) is 0 Å². The van der Waals surface area contributed by atoms with Gasteiger partial charge in [-0.2, -0.15) is 0 Å². The summed E-state index contributed by atoms with van der Waals surface area (Å²) >= 11 is 3.82. The molecule has 0 aliphatic carbocycles. The number of thioether (sulfide) groups is 1. The van der Waals surface area contributed by atoms with Crippen LogP contribution < -0.4 is 51.4 Å². The van der Waals surface area contributed by atoms with Gasteiger partial charge in [-0.25, -0.2) is 4.98 Å². The third-order valence-corrected chi connectivity index (χ3v) is 3.18. The van der Waals surface area contributed by atoms with Crippen LogP contribution in [0.3, 0.4) is 0 Å². The number of hydrogen-bond acceptors (Lipinski definition) is 2. The molecule has 1 rings (SSSR count). The number of nitrogens with zero attached hydrogens (tertiary/aromatic N) is 1. The van der Waals surface area contributed by atoms with Gasteiger partial charge in [-0.1, -0.05) is 0 Å². The number of rotatable bonds is 3. The van der Waals surface area contributed by atoms with Crippen LogP contribution in [0.4, 0.5) is 12.9 Å². The number of hydrogen-bond donors (Lipinski definition) is 0. The van der Waals surface area contributed by atoms with Crippen LogP contribution in [0.5, 0.6) is 0 Å². The Morgan fingerprint density at radius 2 is 2.07 bits per heavy atom. The van der Waals surface area contributed by atoms with Gasteiger partial charge in [0.15, 0.2) is 0 Å². The van der Waals surface area contributed by atoms with Gasteiger partial charge in [0.2, 0.25) is 0 Å². The van der Waals surface area contributed by atoms with E-state index in [1.807, 2.05) is 0 Å². The first-order valence-corrected chi connectivity index (χ1v) is 5.21. The van der Waals surface area contributed by atoms with Crippen molar-refractivity contribution in [1.82, 2.24) is 4.98 Å². The largest absolute Gasteiger partial charge is 1.00 e. The van der Waals surface area contributed by atoms with Gasteiger partial charge >= 0.3 is 58.4 Å². The molecule has 0 N–H and O–H groups in total. The first-order valence-electron chi connectivity index (χ1n) is 3.43. The van der Waals surface area contributed by atoms with Gasteiger partial charge in [-0.05, 0) is 33.7 Å². The molecule has 1 aromatic heterocycles. The predicted octanol–water partition coefficient (Wildman–Crippen LogP) is 0.327. The summed E-state index contributed by atoms with van der Waals surface area (Å²) in [7, 11) is 0. The molecule has 0 amide bonds. The van der Waals surface area contributed by atoms with Crippen molar-refractivity contribution in [3.05, 3.63) is 22.8 Å². The minimum absolute atomic E-state index is 0. The molecule has 0 saturated heterocycles. The normalized spacial score (nSPS) is 10.9. The van der Waals surface area contributed by atoms with Crippen molar-refractivity contribution in [3.8, 4) is 0 Å². The third-order valence-electron chi connectivity index (χ3n) is 1.13. The van der Waals surface area contributed by atoms with Crippen LogP contribution >= 0.6 is 27.7 Å². The molecule has 0 saturated carbocycles. The molecule has 0 unspecified atom stereocenters. The van der Waals surface area contributed by atoms with Crippen molar-refractivity contribution in [2.75, 3.05) is 5.65 Å². The van der Waals surface area contributed by atoms with Crippen molar-refractivity contribution in [2.24, 2.45) is 0 Å². The van der Waals surface area contributed by atoms with E-state index in [1.165, 1.54) is 6.20 Å². The summed E-state index contributed by atoms with van der Waals surface area (Å²) < 4.78 is 36.2. The molecule has 0 aromatic carbocycles. The standard InChI is InChI=1S/C6H5BBrF3NS.K/c8-5-2-1-3-12-6(5)13-4-7(9,10)11;/h1-3H,4H2;/q-1;+1. The van der Waals surface area contributed by atoms with Gasteiger partial charge in [0.1, 0.15) is 5.03 Å². The molecule has 0 radical (unpaired) electrons. The van der Waals surface area contributed by atoms with E-state index in [2.05, 4.69) is 20.9 Å². The summed E-state index contributed by atoms with van der Waals surface area (Å²) in [5, 5.41) is 0.377. The van der Waals surface area contributed by atoms with Gasteiger partial charge in [0, 0.05) is 10.7 Å². The fraction of sp³-hybridized carbons (Fsp3) is 0.167. The van der Waals surface area contributed by atoms with Gasteiger partial charge in [0.25, 0.3) is 0 Å². The maximum Gasteiger partial charge on any atom is 1.00 e. The molecule has 0 bridgehead atoms. The molecule has 0 spiro atoms. The second-order valence-corrected chi connectivity index (χ2v) is 4.17. The Balaban J connectivity index is 0.00000169. The smallest absolute Gasteiger partial charge is 0.448 e. The Bertz CT molecular complexity index is 299. The van der Waals surface area contributed by atoms with Crippen LogP contribution in [-0.4, -0.2) is 17.6 Å².